The molecule has 0 saturated heterocycles. The minimum atomic E-state index is -4.12. The topological polar surface area (TPSA) is 133 Å². The fourth-order valence-corrected chi connectivity index (χ4v) is 4.13. The van der Waals surface area contributed by atoms with E-state index in [9.17, 15) is 23.3 Å². The first-order valence-corrected chi connectivity index (χ1v) is 11.6. The molecule has 0 amide bonds. The zero-order chi connectivity index (χ0) is 22.4. The predicted molar refractivity (Wildman–Crippen MR) is 113 cm³/mol. The molecule has 1 N–H and O–H groups in total. The number of hydrogen-bond acceptors (Lipinski definition) is 8. The number of nitro groups is 1. The summed E-state index contributed by atoms with van der Waals surface area (Å²) < 4.78 is 33.6. The Morgan fingerprint density at radius 3 is 2.61 bits per heavy atom. The fourth-order valence-electron chi connectivity index (χ4n) is 2.60. The van der Waals surface area contributed by atoms with Crippen molar-refractivity contribution in [2.45, 2.75) is 16.4 Å². The van der Waals surface area contributed by atoms with Crippen LogP contribution in [-0.4, -0.2) is 41.9 Å². The lowest BCUT2D eigenvalue weighted by Gasteiger charge is -2.09. The maximum atomic E-state index is 12.4. The van der Waals surface area contributed by atoms with Gasteiger partial charge in [-0.05, 0) is 42.2 Å². The molecule has 31 heavy (non-hydrogen) atoms. The lowest BCUT2D eigenvalue weighted by molar-refractivity contribution is -0.387. The molecule has 1 heterocycles. The van der Waals surface area contributed by atoms with Crippen LogP contribution in [0.2, 0.25) is 0 Å². The molecule has 2 aromatic carbocycles. The molecule has 10 nitrogen and oxygen atoms in total. The summed E-state index contributed by atoms with van der Waals surface area (Å²) in [5.41, 5.74) is 1.24. The highest BCUT2D eigenvalue weighted by molar-refractivity contribution is 7.98. The molecule has 0 radical (unpaired) electrons. The number of hydrogen-bond donors (Lipinski definition) is 1. The van der Waals surface area contributed by atoms with Crippen molar-refractivity contribution in [1.29, 1.82) is 0 Å². The zero-order valence-corrected chi connectivity index (χ0v) is 17.9. The number of thioether (sulfide) groups is 1. The van der Waals surface area contributed by atoms with Crippen LogP contribution in [0, 0.1) is 10.1 Å². The number of nitro benzene ring substituents is 1. The molecule has 0 atom stereocenters. The molecule has 0 aliphatic carbocycles. The van der Waals surface area contributed by atoms with Gasteiger partial charge in [0.1, 0.15) is 13.2 Å². The molecular formula is C19H18N4O6S2. The van der Waals surface area contributed by atoms with Crippen LogP contribution in [0.4, 0.5) is 5.69 Å². The lowest BCUT2D eigenvalue weighted by atomic mass is 10.2. The van der Waals surface area contributed by atoms with Crippen molar-refractivity contribution in [3.8, 4) is 5.69 Å². The SMILES string of the molecule is CSc1ccc(S(=O)(=O)NCC(=O)OCc2ccc(-n3cccn3)cc2)cc1[N+](=O)[O-]. The summed E-state index contributed by atoms with van der Waals surface area (Å²) >= 11 is 1.13. The largest absolute Gasteiger partial charge is 0.460 e. The number of aromatic nitrogens is 2. The van der Waals surface area contributed by atoms with E-state index < -0.39 is 27.5 Å². The van der Waals surface area contributed by atoms with Crippen LogP contribution in [0.1, 0.15) is 5.56 Å². The molecule has 1 aromatic heterocycles. The van der Waals surface area contributed by atoms with E-state index >= 15 is 0 Å². The van der Waals surface area contributed by atoms with E-state index in [0.717, 1.165) is 29.1 Å². The highest BCUT2D eigenvalue weighted by atomic mass is 32.2. The van der Waals surface area contributed by atoms with Gasteiger partial charge in [-0.15, -0.1) is 11.8 Å². The van der Waals surface area contributed by atoms with Crippen LogP contribution in [0.25, 0.3) is 5.69 Å². The van der Waals surface area contributed by atoms with Gasteiger partial charge in [0.15, 0.2) is 0 Å². The van der Waals surface area contributed by atoms with Gasteiger partial charge in [0, 0.05) is 18.5 Å². The van der Waals surface area contributed by atoms with Crippen LogP contribution in [-0.2, 0) is 26.2 Å². The van der Waals surface area contributed by atoms with E-state index in [4.69, 9.17) is 4.74 Å². The molecule has 3 aromatic rings. The Morgan fingerprint density at radius 2 is 2.00 bits per heavy atom. The molecule has 0 unspecified atom stereocenters. The number of esters is 1. The number of rotatable bonds is 9. The number of carbonyl (C=O) groups is 1. The summed E-state index contributed by atoms with van der Waals surface area (Å²) in [4.78, 5) is 22.5. The Labute approximate surface area is 182 Å². The van der Waals surface area contributed by atoms with Crippen molar-refractivity contribution in [1.82, 2.24) is 14.5 Å². The van der Waals surface area contributed by atoms with E-state index in [2.05, 4.69) is 9.82 Å². The van der Waals surface area contributed by atoms with Crippen LogP contribution in [0.15, 0.2) is 70.7 Å². The summed E-state index contributed by atoms with van der Waals surface area (Å²) in [6, 6.07) is 12.5. The van der Waals surface area contributed by atoms with E-state index in [1.807, 2.05) is 12.1 Å². The van der Waals surface area contributed by atoms with Crippen LogP contribution >= 0.6 is 11.8 Å². The predicted octanol–water partition coefficient (Wildman–Crippen LogP) is 2.52. The van der Waals surface area contributed by atoms with Crippen molar-refractivity contribution < 1.29 is 22.9 Å². The van der Waals surface area contributed by atoms with Gasteiger partial charge >= 0.3 is 5.97 Å². The molecule has 0 aliphatic rings. The fraction of sp³-hybridized carbons (Fsp3) is 0.158. The average molecular weight is 463 g/mol. The maximum absolute atomic E-state index is 12.4. The van der Waals surface area contributed by atoms with E-state index in [1.165, 1.54) is 12.1 Å². The van der Waals surface area contributed by atoms with E-state index in [1.54, 1.807) is 41.5 Å². The summed E-state index contributed by atoms with van der Waals surface area (Å²) in [7, 11) is -4.12. The molecule has 0 spiro atoms. The summed E-state index contributed by atoms with van der Waals surface area (Å²) in [6.45, 7) is -0.639. The van der Waals surface area contributed by atoms with E-state index in [0.29, 0.717) is 4.90 Å². The average Bonchev–Trinajstić information content (AvgIpc) is 3.31. The number of nitrogens with one attached hydrogen (secondary N) is 1. The van der Waals surface area contributed by atoms with Gasteiger partial charge in [0.2, 0.25) is 10.0 Å². The Kier molecular flexibility index (Phi) is 7.05. The zero-order valence-electron chi connectivity index (χ0n) is 16.3. The van der Waals surface area contributed by atoms with Gasteiger partial charge in [0.05, 0.1) is 20.4 Å². The van der Waals surface area contributed by atoms with Gasteiger partial charge in [-0.3, -0.25) is 14.9 Å². The third-order valence-electron chi connectivity index (χ3n) is 4.17. The highest BCUT2D eigenvalue weighted by Crippen LogP contribution is 2.29. The summed E-state index contributed by atoms with van der Waals surface area (Å²) in [5, 5.41) is 15.2. The first-order chi connectivity index (χ1) is 14.8. The van der Waals surface area contributed by atoms with Crippen LogP contribution in [0.3, 0.4) is 0 Å². The number of sulfonamides is 1. The first-order valence-electron chi connectivity index (χ1n) is 8.87. The third-order valence-corrected chi connectivity index (χ3v) is 6.35. The normalized spacial score (nSPS) is 11.3. The smallest absolute Gasteiger partial charge is 0.321 e. The van der Waals surface area contributed by atoms with Crippen LogP contribution in [0.5, 0.6) is 0 Å². The second-order valence-electron chi connectivity index (χ2n) is 6.19. The molecule has 0 aliphatic heterocycles. The minimum absolute atomic E-state index is 0.0339. The Bertz CT molecular complexity index is 1180. The third kappa shape index (κ3) is 5.69. The second-order valence-corrected chi connectivity index (χ2v) is 8.81. The van der Waals surface area contributed by atoms with Gasteiger partial charge in [-0.2, -0.15) is 9.82 Å². The molecule has 3 rings (SSSR count). The maximum Gasteiger partial charge on any atom is 0.321 e. The molecule has 0 bridgehead atoms. The van der Waals surface area contributed by atoms with Crippen molar-refractivity contribution in [3.05, 3.63) is 76.6 Å². The summed E-state index contributed by atoms with van der Waals surface area (Å²) in [5.74, 6) is -0.782. The van der Waals surface area contributed by atoms with Gasteiger partial charge in [-0.25, -0.2) is 13.1 Å². The highest BCUT2D eigenvalue weighted by Gasteiger charge is 2.22. The Morgan fingerprint density at radius 1 is 1.26 bits per heavy atom. The van der Waals surface area contributed by atoms with Gasteiger partial charge in [0.25, 0.3) is 5.69 Å². The monoisotopic (exact) mass is 462 g/mol. The van der Waals surface area contributed by atoms with Crippen LogP contribution < -0.4 is 4.72 Å². The molecule has 0 saturated carbocycles. The molecule has 162 valence electrons. The number of ether oxygens (including phenoxy) is 1. The first kappa shape index (κ1) is 22.5. The van der Waals surface area contributed by atoms with Crippen molar-refractivity contribution in [2.75, 3.05) is 12.8 Å². The Hall–Kier alpha value is -3.22. The van der Waals surface area contributed by atoms with Crippen molar-refractivity contribution in [2.24, 2.45) is 0 Å². The molecule has 12 heteroatoms. The number of carbonyl (C=O) groups excluding carboxylic acids is 1. The Balaban J connectivity index is 1.56. The van der Waals surface area contributed by atoms with Crippen molar-refractivity contribution in [3.63, 3.8) is 0 Å². The molecular weight excluding hydrogens is 444 g/mol. The van der Waals surface area contributed by atoms with E-state index in [-0.39, 0.29) is 17.2 Å². The van der Waals surface area contributed by atoms with Crippen molar-refractivity contribution >= 4 is 33.4 Å². The summed E-state index contributed by atoms with van der Waals surface area (Å²) in [6.07, 6.45) is 5.10. The second kappa shape index (κ2) is 9.73. The standard InChI is InChI=1S/C19H18N4O6S2/c1-30-18-8-7-16(11-17(18)23(25)26)31(27,28)21-12-19(24)29-13-14-3-5-15(6-4-14)22-10-2-9-20-22/h2-11,21H,12-13H2,1H3. The quantitative estimate of drug-likeness (QED) is 0.222. The number of benzene rings is 2. The lowest BCUT2D eigenvalue weighted by Crippen LogP contribution is -2.30. The van der Waals surface area contributed by atoms with Gasteiger partial charge in [-0.1, -0.05) is 12.1 Å². The van der Waals surface area contributed by atoms with Gasteiger partial charge < -0.3 is 4.74 Å². The molecule has 0 fully saturated rings. The minimum Gasteiger partial charge on any atom is -0.460 e. The number of nitrogens with zero attached hydrogens (tertiary/aromatic N) is 3.